The fourth-order valence-corrected chi connectivity index (χ4v) is 2.08. The molecule has 0 heterocycles. The molecule has 0 bridgehead atoms. The Bertz CT molecular complexity index is 305. The van der Waals surface area contributed by atoms with Gasteiger partial charge in [-0.3, -0.25) is 0 Å². The van der Waals surface area contributed by atoms with Gasteiger partial charge in [-0.05, 0) is 47.0 Å². The van der Waals surface area contributed by atoms with Crippen molar-refractivity contribution in [2.75, 3.05) is 26.9 Å². The lowest BCUT2D eigenvalue weighted by Gasteiger charge is -2.33. The number of rotatable bonds is 16. The zero-order valence-electron chi connectivity index (χ0n) is 17.4. The molecule has 0 aromatic heterocycles. The van der Waals surface area contributed by atoms with Crippen molar-refractivity contribution in [2.24, 2.45) is 0 Å². The number of ether oxygens (including phenoxy) is 4. The molecule has 152 valence electrons. The molecule has 0 saturated heterocycles. The van der Waals surface area contributed by atoms with Gasteiger partial charge in [-0.2, -0.15) is 0 Å². The van der Waals surface area contributed by atoms with Crippen LogP contribution in [0.2, 0.25) is 0 Å². The Morgan fingerprint density at radius 3 is 2.04 bits per heavy atom. The lowest BCUT2D eigenvalue weighted by Crippen LogP contribution is -2.40. The van der Waals surface area contributed by atoms with E-state index in [1.54, 1.807) is 7.11 Å². The van der Waals surface area contributed by atoms with Gasteiger partial charge in [-0.15, -0.1) is 0 Å². The summed E-state index contributed by atoms with van der Waals surface area (Å²) in [5, 5.41) is 0. The molecular formula is C19H40O6. The van der Waals surface area contributed by atoms with Crippen LogP contribution in [-0.4, -0.2) is 44.8 Å². The van der Waals surface area contributed by atoms with Gasteiger partial charge in [-0.1, -0.05) is 20.3 Å². The van der Waals surface area contributed by atoms with Crippen molar-refractivity contribution in [1.29, 1.82) is 0 Å². The van der Waals surface area contributed by atoms with Crippen molar-refractivity contribution < 1.29 is 28.7 Å². The molecule has 0 amide bonds. The second-order valence-electron chi connectivity index (χ2n) is 7.02. The van der Waals surface area contributed by atoms with Gasteiger partial charge in [0.25, 0.3) is 5.97 Å². The quantitative estimate of drug-likeness (QED) is 0.170. The highest BCUT2D eigenvalue weighted by Crippen LogP contribution is 2.25. The van der Waals surface area contributed by atoms with Gasteiger partial charge < -0.3 is 18.9 Å². The molecule has 0 aliphatic heterocycles. The molecule has 0 fully saturated rings. The van der Waals surface area contributed by atoms with Gasteiger partial charge in [0.1, 0.15) is 0 Å². The van der Waals surface area contributed by atoms with E-state index in [0.29, 0.717) is 32.7 Å². The first kappa shape index (κ1) is 24.8. The number of methoxy groups -OCH3 is 1. The van der Waals surface area contributed by atoms with E-state index in [-0.39, 0.29) is 5.60 Å². The van der Waals surface area contributed by atoms with Crippen molar-refractivity contribution in [1.82, 2.24) is 0 Å². The zero-order valence-corrected chi connectivity index (χ0v) is 17.4. The highest BCUT2D eigenvalue weighted by Gasteiger charge is 2.33. The molecule has 25 heavy (non-hydrogen) atoms. The lowest BCUT2D eigenvalue weighted by atomic mass is 10.2. The van der Waals surface area contributed by atoms with Crippen molar-refractivity contribution >= 4 is 0 Å². The van der Waals surface area contributed by atoms with Gasteiger partial charge in [0.2, 0.25) is 0 Å². The molecule has 0 N–H and O–H groups in total. The van der Waals surface area contributed by atoms with Crippen LogP contribution in [0, 0.1) is 0 Å². The Kier molecular flexibility index (Phi) is 13.8. The third kappa shape index (κ3) is 12.7. The normalized spacial score (nSPS) is 16.0. The van der Waals surface area contributed by atoms with E-state index in [9.17, 15) is 0 Å². The largest absolute Gasteiger partial charge is 0.353 e. The average molecular weight is 365 g/mol. The fourth-order valence-electron chi connectivity index (χ4n) is 2.08. The average Bonchev–Trinajstić information content (AvgIpc) is 2.55. The van der Waals surface area contributed by atoms with Crippen LogP contribution in [0.5, 0.6) is 0 Å². The summed E-state index contributed by atoms with van der Waals surface area (Å²) in [7, 11) is 1.61. The predicted octanol–water partition coefficient (Wildman–Crippen LogP) is 4.81. The molecule has 2 atom stereocenters. The molecule has 0 aromatic carbocycles. The first-order valence-corrected chi connectivity index (χ1v) is 9.61. The predicted molar refractivity (Wildman–Crippen MR) is 98.0 cm³/mol. The van der Waals surface area contributed by atoms with Gasteiger partial charge in [0.15, 0.2) is 6.29 Å². The molecule has 0 saturated carbocycles. The van der Waals surface area contributed by atoms with Gasteiger partial charge in [0, 0.05) is 26.6 Å². The highest BCUT2D eigenvalue weighted by atomic mass is 17.2. The topological polar surface area (TPSA) is 55.4 Å². The SMILES string of the molecule is CCCCOC(CCCC(OC)OOC(C)(C)C)(OCC)OCCC. The molecule has 0 aromatic rings. The van der Waals surface area contributed by atoms with Crippen LogP contribution in [0.4, 0.5) is 0 Å². The Morgan fingerprint density at radius 2 is 1.52 bits per heavy atom. The van der Waals surface area contributed by atoms with Crippen LogP contribution in [0.1, 0.15) is 80.1 Å². The Balaban J connectivity index is 4.58. The van der Waals surface area contributed by atoms with Crippen molar-refractivity contribution in [3.63, 3.8) is 0 Å². The standard InChI is InChI=1S/C19H40O6/c1-8-11-16-23-19(21-10-3,22-15-9-2)14-12-13-17(20-7)24-25-18(4,5)6/h17H,8-16H2,1-7H3. The molecule has 0 radical (unpaired) electrons. The summed E-state index contributed by atoms with van der Waals surface area (Å²) >= 11 is 0. The van der Waals surface area contributed by atoms with Crippen LogP contribution < -0.4 is 0 Å². The summed E-state index contributed by atoms with van der Waals surface area (Å²) in [6, 6.07) is 0. The molecule has 0 aliphatic carbocycles. The van der Waals surface area contributed by atoms with Gasteiger partial charge in [-0.25, -0.2) is 9.78 Å². The maximum absolute atomic E-state index is 5.99. The van der Waals surface area contributed by atoms with Crippen molar-refractivity contribution in [3.8, 4) is 0 Å². The summed E-state index contributed by atoms with van der Waals surface area (Å²) in [6.07, 6.45) is 4.57. The first-order chi connectivity index (χ1) is 11.8. The number of unbranched alkanes of at least 4 members (excludes halogenated alkanes) is 1. The van der Waals surface area contributed by atoms with E-state index in [2.05, 4.69) is 13.8 Å². The first-order valence-electron chi connectivity index (χ1n) is 9.61. The van der Waals surface area contributed by atoms with Gasteiger partial charge in [0.05, 0.1) is 18.8 Å². The minimum Gasteiger partial charge on any atom is -0.353 e. The molecule has 6 nitrogen and oxygen atoms in total. The van der Waals surface area contributed by atoms with Crippen LogP contribution in [0.3, 0.4) is 0 Å². The van der Waals surface area contributed by atoms with Crippen molar-refractivity contribution in [2.45, 2.75) is 97.9 Å². The summed E-state index contributed by atoms with van der Waals surface area (Å²) in [4.78, 5) is 10.7. The summed E-state index contributed by atoms with van der Waals surface area (Å²) < 4.78 is 23.1. The van der Waals surface area contributed by atoms with E-state index < -0.39 is 12.3 Å². The summed E-state index contributed by atoms with van der Waals surface area (Å²) in [6.45, 7) is 13.7. The second kappa shape index (κ2) is 13.9. The van der Waals surface area contributed by atoms with Crippen LogP contribution in [-0.2, 0) is 28.7 Å². The number of hydrogen-bond acceptors (Lipinski definition) is 6. The minimum absolute atomic E-state index is 0.376. The third-order valence-electron chi connectivity index (χ3n) is 3.30. The Morgan fingerprint density at radius 1 is 0.840 bits per heavy atom. The maximum atomic E-state index is 5.99. The second-order valence-corrected chi connectivity index (χ2v) is 7.02. The van der Waals surface area contributed by atoms with Crippen LogP contribution >= 0.6 is 0 Å². The number of hydrogen-bond donors (Lipinski definition) is 0. The molecule has 2 unspecified atom stereocenters. The monoisotopic (exact) mass is 364 g/mol. The molecule has 0 spiro atoms. The van der Waals surface area contributed by atoms with Crippen molar-refractivity contribution in [3.05, 3.63) is 0 Å². The van der Waals surface area contributed by atoms with Crippen LogP contribution in [0.25, 0.3) is 0 Å². The van der Waals surface area contributed by atoms with E-state index in [0.717, 1.165) is 25.7 Å². The smallest absolute Gasteiger partial charge is 0.282 e. The summed E-state index contributed by atoms with van der Waals surface area (Å²) in [5.74, 6) is -0.983. The lowest BCUT2D eigenvalue weighted by molar-refractivity contribution is -0.415. The Labute approximate surface area is 154 Å². The molecule has 0 aliphatic rings. The maximum Gasteiger partial charge on any atom is 0.282 e. The minimum atomic E-state index is -0.983. The fraction of sp³-hybridized carbons (Fsp3) is 1.00. The molecule has 0 rings (SSSR count). The van der Waals surface area contributed by atoms with E-state index in [1.165, 1.54) is 0 Å². The van der Waals surface area contributed by atoms with Crippen LogP contribution in [0.15, 0.2) is 0 Å². The molecule has 6 heteroatoms. The van der Waals surface area contributed by atoms with E-state index >= 15 is 0 Å². The highest BCUT2D eigenvalue weighted by molar-refractivity contribution is 4.61. The van der Waals surface area contributed by atoms with Gasteiger partial charge >= 0.3 is 0 Å². The third-order valence-corrected chi connectivity index (χ3v) is 3.30. The zero-order chi connectivity index (χ0) is 19.2. The summed E-state index contributed by atoms with van der Waals surface area (Å²) in [5.41, 5.74) is -0.376. The Hall–Kier alpha value is -0.240. The van der Waals surface area contributed by atoms with E-state index in [1.807, 2.05) is 27.7 Å². The van der Waals surface area contributed by atoms with E-state index in [4.69, 9.17) is 28.7 Å². The molecular weight excluding hydrogens is 324 g/mol.